The average molecular weight is 494 g/mol. The number of nitrogens with one attached hydrogen (secondary N) is 1. The Kier molecular flexibility index (Phi) is 9.69. The fourth-order valence-electron chi connectivity index (χ4n) is 3.37. The highest BCUT2D eigenvalue weighted by Crippen LogP contribution is 2.22. The maximum atomic E-state index is 12.6. The maximum Gasteiger partial charge on any atom is 0.225 e. The van der Waals surface area contributed by atoms with E-state index in [0.29, 0.717) is 44.2 Å². The summed E-state index contributed by atoms with van der Waals surface area (Å²) in [4.78, 5) is 12.6. The molecule has 0 radical (unpaired) electrons. The Labute approximate surface area is 212 Å². The van der Waals surface area contributed by atoms with E-state index in [-0.39, 0.29) is 17.8 Å². The number of benzene rings is 2. The van der Waals surface area contributed by atoms with E-state index in [1.54, 1.807) is 19.1 Å². The number of phenols is 1. The van der Waals surface area contributed by atoms with Gasteiger partial charge >= 0.3 is 0 Å². The minimum Gasteiger partial charge on any atom is -0.508 e. The summed E-state index contributed by atoms with van der Waals surface area (Å²) in [6, 6.07) is 14.5. The van der Waals surface area contributed by atoms with Gasteiger partial charge in [-0.2, -0.15) is 0 Å². The van der Waals surface area contributed by atoms with Crippen molar-refractivity contribution in [2.24, 2.45) is 5.41 Å². The lowest BCUT2D eigenvalue weighted by Crippen LogP contribution is -2.38. The van der Waals surface area contributed by atoms with Gasteiger partial charge in [-0.1, -0.05) is 26.0 Å². The Morgan fingerprint density at radius 1 is 1.00 bits per heavy atom. The molecule has 0 spiro atoms. The topological polar surface area (TPSA) is 119 Å². The van der Waals surface area contributed by atoms with Crippen LogP contribution in [0.5, 0.6) is 11.5 Å². The normalized spacial score (nSPS) is 12.2. The predicted octanol–water partition coefficient (Wildman–Crippen LogP) is 3.90. The highest BCUT2D eigenvalue weighted by atomic mass is 16.5. The lowest BCUT2D eigenvalue weighted by atomic mass is 9.88. The number of phenolic OH excluding ortho intramolecular Hbond substituents is 1. The van der Waals surface area contributed by atoms with E-state index in [1.165, 1.54) is 0 Å². The van der Waals surface area contributed by atoms with E-state index in [1.807, 2.05) is 57.2 Å². The Bertz CT molecular complexity index is 1090. The highest BCUT2D eigenvalue weighted by Gasteiger charge is 2.27. The molecule has 1 atom stereocenters. The van der Waals surface area contributed by atoms with Crippen LogP contribution in [0.4, 0.5) is 0 Å². The number of hydrogen-bond donors (Lipinski definition) is 2. The number of nitrogens with zero attached hydrogens (tertiary/aromatic N) is 4. The molecule has 36 heavy (non-hydrogen) atoms. The lowest BCUT2D eigenvalue weighted by molar-refractivity contribution is -0.130. The van der Waals surface area contributed by atoms with Crippen molar-refractivity contribution >= 4 is 5.91 Å². The molecule has 9 nitrogen and oxygen atoms in total. The van der Waals surface area contributed by atoms with E-state index in [2.05, 4.69) is 25.7 Å². The molecule has 0 saturated heterocycles. The Balaban J connectivity index is 1.31. The molecule has 0 aliphatic rings. The Morgan fingerprint density at radius 2 is 1.67 bits per heavy atom. The average Bonchev–Trinajstić information content (AvgIpc) is 2.86. The molecular formula is C27H35N5O4. The first-order chi connectivity index (χ1) is 17.2. The summed E-state index contributed by atoms with van der Waals surface area (Å²) in [5.74, 6) is 2.01. The molecule has 0 aliphatic heterocycles. The first-order valence-electron chi connectivity index (χ1n) is 12.2. The molecular weight excluding hydrogens is 458 g/mol. The van der Waals surface area contributed by atoms with E-state index in [4.69, 9.17) is 9.47 Å². The summed E-state index contributed by atoms with van der Waals surface area (Å²) in [5.41, 5.74) is 1.36. The van der Waals surface area contributed by atoms with Gasteiger partial charge in [-0.25, -0.2) is 0 Å². The van der Waals surface area contributed by atoms with Gasteiger partial charge in [0.25, 0.3) is 0 Å². The van der Waals surface area contributed by atoms with E-state index < -0.39 is 5.41 Å². The summed E-state index contributed by atoms with van der Waals surface area (Å²) in [5, 5.41) is 28.3. The van der Waals surface area contributed by atoms with Crippen molar-refractivity contribution in [3.8, 4) is 22.9 Å². The quantitative estimate of drug-likeness (QED) is 0.368. The van der Waals surface area contributed by atoms with Crippen molar-refractivity contribution in [1.82, 2.24) is 25.7 Å². The van der Waals surface area contributed by atoms with Gasteiger partial charge in [-0.3, -0.25) is 4.79 Å². The number of amides is 1. The standard InChI is InChI=1S/C27H35N5O4/c1-19(14-17-36-24-11-7-22(8-12-24)25-31-29-20(2)30-32-25)35-18-15-27(3,4)26(34)28-16-13-21-5-9-23(33)10-6-21/h5-12,19,33H,13-18H2,1-4H3,(H,28,34). The predicted molar refractivity (Wildman–Crippen MR) is 137 cm³/mol. The smallest absolute Gasteiger partial charge is 0.225 e. The summed E-state index contributed by atoms with van der Waals surface area (Å²) in [7, 11) is 0. The molecule has 0 saturated carbocycles. The number of aromatic nitrogens is 4. The fourth-order valence-corrected chi connectivity index (χ4v) is 3.37. The minimum atomic E-state index is -0.529. The first-order valence-corrected chi connectivity index (χ1v) is 12.2. The van der Waals surface area contributed by atoms with Crippen molar-refractivity contribution < 1.29 is 19.4 Å². The summed E-state index contributed by atoms with van der Waals surface area (Å²) in [6.07, 6.45) is 2.08. The molecule has 192 valence electrons. The third-order valence-corrected chi connectivity index (χ3v) is 5.86. The monoisotopic (exact) mass is 493 g/mol. The van der Waals surface area contributed by atoms with Crippen LogP contribution in [-0.4, -0.2) is 57.3 Å². The van der Waals surface area contributed by atoms with Crippen LogP contribution in [0, 0.1) is 12.3 Å². The van der Waals surface area contributed by atoms with Gasteiger partial charge in [0, 0.05) is 30.6 Å². The van der Waals surface area contributed by atoms with Crippen molar-refractivity contribution in [3.05, 3.63) is 59.9 Å². The lowest BCUT2D eigenvalue weighted by Gasteiger charge is -2.24. The SMILES string of the molecule is Cc1nnc(-c2ccc(OCCC(C)OCCC(C)(C)C(=O)NCCc3ccc(O)cc3)cc2)nn1. The second kappa shape index (κ2) is 12.9. The van der Waals surface area contributed by atoms with Crippen LogP contribution in [0.25, 0.3) is 11.4 Å². The molecule has 0 aliphatic carbocycles. The van der Waals surface area contributed by atoms with Gasteiger partial charge in [0.05, 0.1) is 12.7 Å². The second-order valence-corrected chi connectivity index (χ2v) is 9.42. The highest BCUT2D eigenvalue weighted by molar-refractivity contribution is 5.81. The number of rotatable bonds is 13. The number of aromatic hydroxyl groups is 1. The van der Waals surface area contributed by atoms with Crippen LogP contribution in [0.1, 0.15) is 45.0 Å². The molecule has 0 fully saturated rings. The first kappa shape index (κ1) is 27.0. The molecule has 9 heteroatoms. The van der Waals surface area contributed by atoms with Crippen molar-refractivity contribution in [1.29, 1.82) is 0 Å². The van der Waals surface area contributed by atoms with Crippen molar-refractivity contribution in [3.63, 3.8) is 0 Å². The number of hydrogen-bond acceptors (Lipinski definition) is 8. The Morgan fingerprint density at radius 3 is 2.33 bits per heavy atom. The number of ether oxygens (including phenoxy) is 2. The summed E-state index contributed by atoms with van der Waals surface area (Å²) in [6.45, 7) is 9.17. The summed E-state index contributed by atoms with van der Waals surface area (Å²) < 4.78 is 11.8. The third kappa shape index (κ3) is 8.57. The Hall–Kier alpha value is -3.59. The van der Waals surface area contributed by atoms with Crippen molar-refractivity contribution in [2.75, 3.05) is 19.8 Å². The van der Waals surface area contributed by atoms with Gasteiger partial charge in [-0.05, 0) is 68.7 Å². The van der Waals surface area contributed by atoms with Crippen LogP contribution >= 0.6 is 0 Å². The minimum absolute atomic E-state index is 0.00640. The van der Waals surface area contributed by atoms with Crippen LogP contribution in [0.15, 0.2) is 48.5 Å². The summed E-state index contributed by atoms with van der Waals surface area (Å²) >= 11 is 0. The van der Waals surface area contributed by atoms with Crippen LogP contribution < -0.4 is 10.1 Å². The van der Waals surface area contributed by atoms with Crippen LogP contribution in [-0.2, 0) is 16.0 Å². The zero-order valence-electron chi connectivity index (χ0n) is 21.4. The molecule has 3 aromatic rings. The van der Waals surface area contributed by atoms with Crippen LogP contribution in [0.2, 0.25) is 0 Å². The van der Waals surface area contributed by atoms with Gasteiger partial charge in [0.15, 0.2) is 5.82 Å². The molecule has 2 N–H and O–H groups in total. The van der Waals surface area contributed by atoms with E-state index in [9.17, 15) is 9.90 Å². The van der Waals surface area contributed by atoms with Crippen molar-refractivity contribution in [2.45, 2.75) is 53.1 Å². The van der Waals surface area contributed by atoms with Gasteiger partial charge < -0.3 is 19.9 Å². The molecule has 1 unspecified atom stereocenters. The molecule has 2 aromatic carbocycles. The van der Waals surface area contributed by atoms with Crippen LogP contribution in [0.3, 0.4) is 0 Å². The molecule has 3 rings (SSSR count). The number of carbonyl (C=O) groups excluding carboxylic acids is 1. The molecule has 1 amide bonds. The van der Waals surface area contributed by atoms with Gasteiger partial charge in [-0.15, -0.1) is 20.4 Å². The molecule has 0 bridgehead atoms. The zero-order valence-corrected chi connectivity index (χ0v) is 21.4. The zero-order chi connectivity index (χ0) is 26.0. The second-order valence-electron chi connectivity index (χ2n) is 9.42. The largest absolute Gasteiger partial charge is 0.508 e. The van der Waals surface area contributed by atoms with E-state index >= 15 is 0 Å². The number of aryl methyl sites for hydroxylation is 1. The third-order valence-electron chi connectivity index (χ3n) is 5.86. The van der Waals surface area contributed by atoms with Gasteiger partial charge in [0.2, 0.25) is 11.7 Å². The van der Waals surface area contributed by atoms with Gasteiger partial charge in [0.1, 0.15) is 11.5 Å². The fraction of sp³-hybridized carbons (Fsp3) is 0.444. The molecule has 1 heterocycles. The number of carbonyl (C=O) groups is 1. The van der Waals surface area contributed by atoms with E-state index in [0.717, 1.165) is 23.3 Å². The maximum absolute atomic E-state index is 12.6. The molecule has 1 aromatic heterocycles.